The molecule has 2 atom stereocenters. The summed E-state index contributed by atoms with van der Waals surface area (Å²) in [6.45, 7) is 5.50. The van der Waals surface area contributed by atoms with Gasteiger partial charge in [-0.25, -0.2) is 8.42 Å². The minimum Gasteiger partial charge on any atom is -0.497 e. The largest absolute Gasteiger partial charge is 0.497 e. The second kappa shape index (κ2) is 10.3. The van der Waals surface area contributed by atoms with Gasteiger partial charge in [-0.3, -0.25) is 4.79 Å². The van der Waals surface area contributed by atoms with Gasteiger partial charge in [0.2, 0.25) is 15.9 Å². The standard InChI is InChI=1S/C18H29N3O4S.ClH/c1-4-14(2)17(19)18(22)20-10-5-11-21(13-12-20)26(23,24)16-8-6-15(25-3)7-9-16;/h6-9,14,17H,4-5,10-13,19H2,1-3H3;1H. The summed E-state index contributed by atoms with van der Waals surface area (Å²) >= 11 is 0. The van der Waals surface area contributed by atoms with Gasteiger partial charge in [0.25, 0.3) is 0 Å². The quantitative estimate of drug-likeness (QED) is 0.757. The Morgan fingerprint density at radius 3 is 2.37 bits per heavy atom. The van der Waals surface area contributed by atoms with Gasteiger partial charge in [-0.15, -0.1) is 12.4 Å². The fourth-order valence-corrected chi connectivity index (χ4v) is 4.43. The number of sulfonamides is 1. The molecule has 1 fully saturated rings. The molecule has 1 aliphatic rings. The zero-order valence-electron chi connectivity index (χ0n) is 16.1. The average Bonchev–Trinajstić information content (AvgIpc) is 2.93. The van der Waals surface area contributed by atoms with Crippen molar-refractivity contribution in [3.63, 3.8) is 0 Å². The first-order chi connectivity index (χ1) is 12.3. The number of carbonyl (C=O) groups excluding carboxylic acids is 1. The van der Waals surface area contributed by atoms with Gasteiger partial charge < -0.3 is 15.4 Å². The Hall–Kier alpha value is -1.35. The molecule has 0 radical (unpaired) electrons. The van der Waals surface area contributed by atoms with E-state index in [1.807, 2.05) is 13.8 Å². The van der Waals surface area contributed by atoms with Crippen LogP contribution in [0.5, 0.6) is 5.75 Å². The molecule has 1 aromatic carbocycles. The van der Waals surface area contributed by atoms with Crippen LogP contribution < -0.4 is 10.5 Å². The van der Waals surface area contributed by atoms with E-state index in [1.54, 1.807) is 29.2 Å². The second-order valence-electron chi connectivity index (χ2n) is 6.67. The van der Waals surface area contributed by atoms with E-state index in [1.165, 1.54) is 11.4 Å². The molecule has 1 saturated heterocycles. The summed E-state index contributed by atoms with van der Waals surface area (Å²) in [6, 6.07) is 5.81. The Labute approximate surface area is 168 Å². The monoisotopic (exact) mass is 419 g/mol. The Bertz CT molecular complexity index is 712. The number of methoxy groups -OCH3 is 1. The van der Waals surface area contributed by atoms with E-state index < -0.39 is 16.1 Å². The van der Waals surface area contributed by atoms with Crippen molar-refractivity contribution < 1.29 is 17.9 Å². The zero-order valence-corrected chi connectivity index (χ0v) is 17.8. The maximum Gasteiger partial charge on any atom is 0.243 e. The summed E-state index contributed by atoms with van der Waals surface area (Å²) in [5.74, 6) is 0.614. The van der Waals surface area contributed by atoms with Crippen molar-refractivity contribution in [3.8, 4) is 5.75 Å². The summed E-state index contributed by atoms with van der Waals surface area (Å²) in [4.78, 5) is 14.5. The van der Waals surface area contributed by atoms with Gasteiger partial charge in [-0.1, -0.05) is 20.3 Å². The SMILES string of the molecule is CCC(C)C(N)C(=O)N1CCCN(S(=O)(=O)c2ccc(OC)cc2)CC1.Cl. The molecule has 27 heavy (non-hydrogen) atoms. The molecule has 0 saturated carbocycles. The maximum atomic E-state index is 12.9. The van der Waals surface area contributed by atoms with Crippen molar-refractivity contribution >= 4 is 28.3 Å². The van der Waals surface area contributed by atoms with Crippen molar-refractivity contribution in [2.45, 2.75) is 37.6 Å². The molecule has 0 aromatic heterocycles. The van der Waals surface area contributed by atoms with E-state index >= 15 is 0 Å². The molecule has 0 bridgehead atoms. The number of nitrogens with two attached hydrogens (primary N) is 1. The molecule has 1 aliphatic heterocycles. The number of benzene rings is 1. The van der Waals surface area contributed by atoms with Crippen LogP contribution in [0.25, 0.3) is 0 Å². The first kappa shape index (κ1) is 23.7. The number of nitrogens with zero attached hydrogens (tertiary/aromatic N) is 2. The molecular weight excluding hydrogens is 390 g/mol. The van der Waals surface area contributed by atoms with Crippen LogP contribution in [0.2, 0.25) is 0 Å². The zero-order chi connectivity index (χ0) is 19.3. The third-order valence-corrected chi connectivity index (χ3v) is 6.92. The van der Waals surface area contributed by atoms with E-state index in [9.17, 15) is 13.2 Å². The van der Waals surface area contributed by atoms with Crippen LogP contribution in [0, 0.1) is 5.92 Å². The third-order valence-electron chi connectivity index (χ3n) is 5.01. The Kier molecular flexibility index (Phi) is 9.01. The molecule has 1 aromatic rings. The predicted octanol–water partition coefficient (Wildman–Crippen LogP) is 1.71. The fraction of sp³-hybridized carbons (Fsp3) is 0.611. The number of halogens is 1. The van der Waals surface area contributed by atoms with E-state index in [4.69, 9.17) is 10.5 Å². The molecule has 2 rings (SSSR count). The van der Waals surface area contributed by atoms with Crippen LogP contribution in [0.1, 0.15) is 26.7 Å². The summed E-state index contributed by atoms with van der Waals surface area (Å²) in [7, 11) is -2.06. The smallest absolute Gasteiger partial charge is 0.243 e. The Morgan fingerprint density at radius 1 is 1.19 bits per heavy atom. The third kappa shape index (κ3) is 5.57. The molecule has 1 heterocycles. The van der Waals surface area contributed by atoms with Crippen LogP contribution in [-0.2, 0) is 14.8 Å². The molecular formula is C18H30ClN3O4S. The molecule has 9 heteroatoms. The second-order valence-corrected chi connectivity index (χ2v) is 8.61. The van der Waals surface area contributed by atoms with Crippen LogP contribution in [0.3, 0.4) is 0 Å². The highest BCUT2D eigenvalue weighted by Crippen LogP contribution is 2.21. The Morgan fingerprint density at radius 2 is 1.81 bits per heavy atom. The number of carbonyl (C=O) groups is 1. The highest BCUT2D eigenvalue weighted by molar-refractivity contribution is 7.89. The van der Waals surface area contributed by atoms with Crippen molar-refractivity contribution in [2.24, 2.45) is 11.7 Å². The topological polar surface area (TPSA) is 92.9 Å². The lowest BCUT2D eigenvalue weighted by atomic mass is 9.99. The van der Waals surface area contributed by atoms with Crippen LogP contribution in [0.4, 0.5) is 0 Å². The van der Waals surface area contributed by atoms with E-state index in [0.717, 1.165) is 6.42 Å². The molecule has 0 aliphatic carbocycles. The first-order valence-corrected chi connectivity index (χ1v) is 10.4. The molecule has 7 nitrogen and oxygen atoms in total. The molecule has 154 valence electrons. The first-order valence-electron chi connectivity index (χ1n) is 8.99. The van der Waals surface area contributed by atoms with Crippen molar-refractivity contribution in [3.05, 3.63) is 24.3 Å². The highest BCUT2D eigenvalue weighted by atomic mass is 35.5. The lowest BCUT2D eigenvalue weighted by Gasteiger charge is -2.27. The van der Waals surface area contributed by atoms with Gasteiger partial charge in [0, 0.05) is 26.2 Å². The minimum absolute atomic E-state index is 0. The van der Waals surface area contributed by atoms with Gasteiger partial charge in [0.1, 0.15) is 5.75 Å². The van der Waals surface area contributed by atoms with Crippen molar-refractivity contribution in [1.29, 1.82) is 0 Å². The molecule has 2 N–H and O–H groups in total. The van der Waals surface area contributed by atoms with E-state index in [0.29, 0.717) is 31.8 Å². The van der Waals surface area contributed by atoms with Gasteiger partial charge in [-0.2, -0.15) is 4.31 Å². The van der Waals surface area contributed by atoms with Crippen molar-refractivity contribution in [1.82, 2.24) is 9.21 Å². The summed E-state index contributed by atoms with van der Waals surface area (Å²) in [5, 5.41) is 0. The van der Waals surface area contributed by atoms with Crippen LogP contribution >= 0.6 is 12.4 Å². The van der Waals surface area contributed by atoms with E-state index in [-0.39, 0.29) is 35.7 Å². The van der Waals surface area contributed by atoms with Gasteiger partial charge in [0.15, 0.2) is 0 Å². The van der Waals surface area contributed by atoms with Gasteiger partial charge in [0.05, 0.1) is 18.0 Å². The maximum absolute atomic E-state index is 12.9. The number of amides is 1. The van der Waals surface area contributed by atoms with Crippen LogP contribution in [-0.4, -0.2) is 62.9 Å². The molecule has 0 spiro atoms. The molecule has 1 amide bonds. The summed E-state index contributed by atoms with van der Waals surface area (Å²) < 4.78 is 32.2. The number of rotatable bonds is 6. The van der Waals surface area contributed by atoms with Gasteiger partial charge >= 0.3 is 0 Å². The lowest BCUT2D eigenvalue weighted by Crippen LogP contribution is -2.48. The van der Waals surface area contributed by atoms with Crippen LogP contribution in [0.15, 0.2) is 29.2 Å². The fourth-order valence-electron chi connectivity index (χ4n) is 2.96. The number of ether oxygens (including phenoxy) is 1. The highest BCUT2D eigenvalue weighted by Gasteiger charge is 2.30. The van der Waals surface area contributed by atoms with Gasteiger partial charge in [-0.05, 0) is 36.6 Å². The summed E-state index contributed by atoms with van der Waals surface area (Å²) in [6.07, 6.45) is 1.42. The van der Waals surface area contributed by atoms with Crippen molar-refractivity contribution in [2.75, 3.05) is 33.3 Å². The Balaban J connectivity index is 0.00000364. The number of hydrogen-bond donors (Lipinski definition) is 1. The van der Waals surface area contributed by atoms with E-state index in [2.05, 4.69) is 0 Å². The predicted molar refractivity (Wildman–Crippen MR) is 108 cm³/mol. The minimum atomic E-state index is -3.59. The normalized spacial score (nSPS) is 18.1. The lowest BCUT2D eigenvalue weighted by molar-refractivity contribution is -0.133. The summed E-state index contributed by atoms with van der Waals surface area (Å²) in [5.41, 5.74) is 6.06. The number of hydrogen-bond acceptors (Lipinski definition) is 5. The molecule has 2 unspecified atom stereocenters. The average molecular weight is 420 g/mol.